The van der Waals surface area contributed by atoms with Crippen LogP contribution in [0.2, 0.25) is 0 Å². The maximum Gasteiger partial charge on any atom is 0.0958 e. The van der Waals surface area contributed by atoms with E-state index in [2.05, 4.69) is 39.0 Å². The van der Waals surface area contributed by atoms with Gasteiger partial charge in [-0.05, 0) is 85.7 Å². The summed E-state index contributed by atoms with van der Waals surface area (Å²) in [6.45, 7) is 7.34. The molecule has 4 aliphatic carbocycles. The van der Waals surface area contributed by atoms with Gasteiger partial charge in [0.25, 0.3) is 0 Å². The maximum absolute atomic E-state index is 5.55. The molecule has 126 valence electrons. The molecule has 0 aromatic rings. The van der Waals surface area contributed by atoms with E-state index in [0.717, 1.165) is 36.0 Å². The molecule has 0 amide bonds. The van der Waals surface area contributed by atoms with Crippen LogP contribution in [0.5, 0.6) is 0 Å². The summed E-state index contributed by atoms with van der Waals surface area (Å²) in [5.41, 5.74) is 3.74. The van der Waals surface area contributed by atoms with Gasteiger partial charge in [-0.3, -0.25) is 0 Å². The molecule has 0 radical (unpaired) electrons. The Labute approximate surface area is 141 Å². The molecule has 23 heavy (non-hydrogen) atoms. The van der Waals surface area contributed by atoms with E-state index in [9.17, 15) is 0 Å². The highest BCUT2D eigenvalue weighted by Crippen LogP contribution is 2.62. The second-order valence-corrected chi connectivity index (χ2v) is 8.70. The minimum absolute atomic E-state index is 0.392. The van der Waals surface area contributed by atoms with Gasteiger partial charge in [0, 0.05) is 6.42 Å². The van der Waals surface area contributed by atoms with E-state index in [-0.39, 0.29) is 0 Å². The molecule has 0 aliphatic heterocycles. The van der Waals surface area contributed by atoms with Gasteiger partial charge in [-0.15, -0.1) is 0 Å². The molecule has 4 rings (SSSR count). The molecule has 0 N–H and O–H groups in total. The first-order chi connectivity index (χ1) is 11.1. The van der Waals surface area contributed by atoms with Gasteiger partial charge in [0.05, 0.1) is 12.9 Å². The molecule has 0 aromatic carbocycles. The quantitative estimate of drug-likeness (QED) is 0.548. The number of hydrogen-bond acceptors (Lipinski definition) is 1. The van der Waals surface area contributed by atoms with Gasteiger partial charge >= 0.3 is 0 Å². The van der Waals surface area contributed by atoms with Crippen LogP contribution in [-0.2, 0) is 4.74 Å². The predicted molar refractivity (Wildman–Crippen MR) is 95.9 cm³/mol. The summed E-state index contributed by atoms with van der Waals surface area (Å²) >= 11 is 0. The molecule has 0 saturated heterocycles. The van der Waals surface area contributed by atoms with Gasteiger partial charge in [0.1, 0.15) is 0 Å². The fraction of sp³-hybridized carbons (Fsp3) is 0.727. The second kappa shape index (κ2) is 5.53. The summed E-state index contributed by atoms with van der Waals surface area (Å²) in [4.78, 5) is 0. The Morgan fingerprint density at radius 1 is 1.26 bits per heavy atom. The molecule has 0 heterocycles. The van der Waals surface area contributed by atoms with Crippen molar-refractivity contribution in [3.05, 3.63) is 35.1 Å². The molecular weight excluding hydrogens is 280 g/mol. The fourth-order valence-electron chi connectivity index (χ4n) is 6.70. The predicted octanol–water partition coefficient (Wildman–Crippen LogP) is 5.89. The Kier molecular flexibility index (Phi) is 3.74. The van der Waals surface area contributed by atoms with Gasteiger partial charge in [-0.1, -0.05) is 31.6 Å². The lowest BCUT2D eigenvalue weighted by Crippen LogP contribution is -2.47. The number of ether oxygens (including phenoxy) is 1. The van der Waals surface area contributed by atoms with Gasteiger partial charge in [0.2, 0.25) is 0 Å². The van der Waals surface area contributed by atoms with Gasteiger partial charge < -0.3 is 4.74 Å². The Morgan fingerprint density at radius 2 is 2.09 bits per heavy atom. The lowest BCUT2D eigenvalue weighted by molar-refractivity contribution is -0.000841. The highest BCUT2D eigenvalue weighted by Gasteiger charge is 2.54. The van der Waals surface area contributed by atoms with Crippen molar-refractivity contribution in [2.24, 2.45) is 35.0 Å². The average molecular weight is 312 g/mol. The SMILES string of the molecule is CC=C1CCC2C3CC=C4C=C(OC)CC[C@]4(C)C3C[C@@H](C)C12. The zero-order valence-electron chi connectivity index (χ0n) is 15.3. The molecule has 1 heteroatoms. The van der Waals surface area contributed by atoms with Crippen molar-refractivity contribution < 1.29 is 4.74 Å². The third-order valence-electron chi connectivity index (χ3n) is 7.89. The zero-order valence-corrected chi connectivity index (χ0v) is 15.3. The summed E-state index contributed by atoms with van der Waals surface area (Å²) in [7, 11) is 1.82. The van der Waals surface area contributed by atoms with Crippen molar-refractivity contribution in [3.8, 4) is 0 Å². The summed E-state index contributed by atoms with van der Waals surface area (Å²) in [6, 6.07) is 0. The van der Waals surface area contributed by atoms with Crippen LogP contribution in [0.1, 0.15) is 59.3 Å². The number of fused-ring (bicyclic) bond motifs is 5. The number of methoxy groups -OCH3 is 1. The summed E-state index contributed by atoms with van der Waals surface area (Å²) < 4.78 is 5.55. The number of allylic oxidation sites excluding steroid dienone is 6. The highest BCUT2D eigenvalue weighted by molar-refractivity contribution is 5.36. The van der Waals surface area contributed by atoms with Crippen LogP contribution in [0.4, 0.5) is 0 Å². The molecule has 0 aromatic heterocycles. The van der Waals surface area contributed by atoms with E-state index >= 15 is 0 Å². The molecule has 4 aliphatic rings. The van der Waals surface area contributed by atoms with Crippen molar-refractivity contribution in [3.63, 3.8) is 0 Å². The van der Waals surface area contributed by atoms with Crippen LogP contribution in [0, 0.1) is 35.0 Å². The van der Waals surface area contributed by atoms with E-state index in [1.165, 1.54) is 37.9 Å². The molecule has 0 spiro atoms. The largest absolute Gasteiger partial charge is 0.501 e. The molecule has 2 fully saturated rings. The van der Waals surface area contributed by atoms with Crippen LogP contribution in [0.25, 0.3) is 0 Å². The average Bonchev–Trinajstić information content (AvgIpc) is 3.00. The van der Waals surface area contributed by atoms with Gasteiger partial charge in [-0.2, -0.15) is 0 Å². The summed E-state index contributed by atoms with van der Waals surface area (Å²) in [5.74, 6) is 5.67. The monoisotopic (exact) mass is 312 g/mol. The van der Waals surface area contributed by atoms with Crippen LogP contribution in [-0.4, -0.2) is 7.11 Å². The Balaban J connectivity index is 1.70. The van der Waals surface area contributed by atoms with E-state index in [4.69, 9.17) is 4.74 Å². The summed E-state index contributed by atoms with van der Waals surface area (Å²) in [5, 5.41) is 0. The van der Waals surface area contributed by atoms with Crippen LogP contribution >= 0.6 is 0 Å². The first kappa shape index (κ1) is 15.5. The van der Waals surface area contributed by atoms with Gasteiger partial charge in [-0.25, -0.2) is 0 Å². The van der Waals surface area contributed by atoms with Crippen molar-refractivity contribution in [1.82, 2.24) is 0 Å². The lowest BCUT2D eigenvalue weighted by atomic mass is 9.49. The fourth-order valence-corrected chi connectivity index (χ4v) is 6.70. The Morgan fingerprint density at radius 3 is 2.83 bits per heavy atom. The highest BCUT2D eigenvalue weighted by atomic mass is 16.5. The maximum atomic E-state index is 5.55. The minimum atomic E-state index is 0.392. The molecule has 1 nitrogen and oxygen atoms in total. The van der Waals surface area contributed by atoms with E-state index in [1.54, 1.807) is 11.1 Å². The Bertz CT molecular complexity index is 581. The molecule has 6 atom stereocenters. The van der Waals surface area contributed by atoms with Crippen LogP contribution < -0.4 is 0 Å². The molecule has 2 saturated carbocycles. The van der Waals surface area contributed by atoms with E-state index in [0.29, 0.717) is 5.41 Å². The topological polar surface area (TPSA) is 9.23 Å². The second-order valence-electron chi connectivity index (χ2n) is 8.70. The van der Waals surface area contributed by atoms with Crippen LogP contribution in [0.15, 0.2) is 35.1 Å². The number of rotatable bonds is 1. The lowest BCUT2D eigenvalue weighted by Gasteiger charge is -2.55. The van der Waals surface area contributed by atoms with E-state index < -0.39 is 0 Å². The molecular formula is C22H32O. The van der Waals surface area contributed by atoms with Crippen molar-refractivity contribution in [2.75, 3.05) is 7.11 Å². The normalized spacial score (nSPS) is 47.3. The first-order valence-corrected chi connectivity index (χ1v) is 9.68. The molecule has 0 bridgehead atoms. The smallest absolute Gasteiger partial charge is 0.0958 e. The van der Waals surface area contributed by atoms with Gasteiger partial charge in [0.15, 0.2) is 0 Å². The molecule has 4 unspecified atom stereocenters. The first-order valence-electron chi connectivity index (χ1n) is 9.68. The standard InChI is InChI=1S/C22H32O/c1-5-15-6-8-19-18-9-7-16-13-17(23-4)10-11-22(16,3)20(18)12-14(2)21(15)19/h5,7,13-14,18-21H,6,8-12H2,1-4H3/t14-,18?,19?,20?,21?,22+/m1/s1. The van der Waals surface area contributed by atoms with Crippen molar-refractivity contribution in [1.29, 1.82) is 0 Å². The Hall–Kier alpha value is -0.980. The van der Waals surface area contributed by atoms with Crippen molar-refractivity contribution in [2.45, 2.75) is 59.3 Å². The minimum Gasteiger partial charge on any atom is -0.501 e. The van der Waals surface area contributed by atoms with Crippen molar-refractivity contribution >= 4 is 0 Å². The van der Waals surface area contributed by atoms with Crippen LogP contribution in [0.3, 0.4) is 0 Å². The number of hydrogen-bond donors (Lipinski definition) is 0. The third-order valence-corrected chi connectivity index (χ3v) is 7.89. The third kappa shape index (κ3) is 2.18. The zero-order chi connectivity index (χ0) is 16.2. The summed E-state index contributed by atoms with van der Waals surface area (Å²) in [6.07, 6.45) is 15.3. The van der Waals surface area contributed by atoms with E-state index in [1.807, 2.05) is 7.11 Å².